The Bertz CT molecular complexity index is 529. The lowest BCUT2D eigenvalue weighted by atomic mass is 10.2. The van der Waals surface area contributed by atoms with Crippen LogP contribution in [-0.2, 0) is 11.3 Å². The fourth-order valence-corrected chi connectivity index (χ4v) is 1.34. The lowest BCUT2D eigenvalue weighted by Gasteiger charge is -2.05. The maximum absolute atomic E-state index is 11.2. The molecule has 0 radical (unpaired) electrons. The van der Waals surface area contributed by atoms with Gasteiger partial charge in [-0.2, -0.15) is 4.98 Å². The van der Waals surface area contributed by atoms with E-state index < -0.39 is 5.97 Å². The van der Waals surface area contributed by atoms with Crippen molar-refractivity contribution < 1.29 is 14.3 Å². The van der Waals surface area contributed by atoms with Gasteiger partial charge < -0.3 is 9.47 Å². The molecule has 0 amide bonds. The van der Waals surface area contributed by atoms with E-state index >= 15 is 0 Å². The van der Waals surface area contributed by atoms with Gasteiger partial charge in [-0.25, -0.2) is 9.78 Å². The van der Waals surface area contributed by atoms with E-state index in [4.69, 9.17) is 4.74 Å². The van der Waals surface area contributed by atoms with Gasteiger partial charge >= 0.3 is 5.97 Å². The highest BCUT2D eigenvalue weighted by molar-refractivity contribution is 5.84. The largest absolute Gasteiger partial charge is 0.473 e. The molecular formula is C13H12N2O3. The molecule has 1 heterocycles. The molecule has 0 aliphatic carbocycles. The molecule has 5 nitrogen and oxygen atoms in total. The Balaban J connectivity index is 2.04. The van der Waals surface area contributed by atoms with Crippen molar-refractivity contribution in [3.63, 3.8) is 0 Å². The number of benzene rings is 1. The maximum Gasteiger partial charge on any atom is 0.376 e. The molecule has 0 unspecified atom stereocenters. The first-order chi connectivity index (χ1) is 8.79. The molecule has 2 aromatic rings. The van der Waals surface area contributed by atoms with Crippen LogP contribution in [0.3, 0.4) is 0 Å². The molecule has 5 heteroatoms. The van der Waals surface area contributed by atoms with Crippen LogP contribution < -0.4 is 4.74 Å². The van der Waals surface area contributed by atoms with Gasteiger partial charge in [-0.15, -0.1) is 0 Å². The molecule has 0 bridgehead atoms. The molecule has 0 fully saturated rings. The van der Waals surface area contributed by atoms with Crippen LogP contribution in [0.5, 0.6) is 5.88 Å². The Kier molecular flexibility index (Phi) is 3.86. The Morgan fingerprint density at radius 1 is 1.22 bits per heavy atom. The molecule has 0 spiro atoms. The first-order valence-electron chi connectivity index (χ1n) is 5.37. The molecule has 2 rings (SSSR count). The lowest BCUT2D eigenvalue weighted by Crippen LogP contribution is -2.08. The van der Waals surface area contributed by atoms with Crippen LogP contribution >= 0.6 is 0 Å². The fourth-order valence-electron chi connectivity index (χ4n) is 1.34. The smallest absolute Gasteiger partial charge is 0.376 e. The summed E-state index contributed by atoms with van der Waals surface area (Å²) >= 11 is 0. The van der Waals surface area contributed by atoms with Crippen molar-refractivity contribution in [1.82, 2.24) is 9.97 Å². The van der Waals surface area contributed by atoms with Gasteiger partial charge in [-0.1, -0.05) is 30.3 Å². The van der Waals surface area contributed by atoms with Crippen molar-refractivity contribution >= 4 is 5.97 Å². The Morgan fingerprint density at radius 3 is 2.72 bits per heavy atom. The van der Waals surface area contributed by atoms with Crippen LogP contribution in [0.4, 0.5) is 0 Å². The van der Waals surface area contributed by atoms with Crippen LogP contribution in [-0.4, -0.2) is 23.0 Å². The number of hydrogen-bond acceptors (Lipinski definition) is 5. The summed E-state index contributed by atoms with van der Waals surface area (Å²) in [5, 5.41) is 0. The molecule has 0 aliphatic heterocycles. The minimum absolute atomic E-state index is 0.0111. The van der Waals surface area contributed by atoms with Gasteiger partial charge in [0, 0.05) is 12.3 Å². The molecule has 0 atom stereocenters. The molecule has 0 saturated heterocycles. The number of carbonyl (C=O) groups excluding carboxylic acids is 1. The fraction of sp³-hybridized carbons (Fsp3) is 0.154. The summed E-state index contributed by atoms with van der Waals surface area (Å²) < 4.78 is 10.0. The number of nitrogens with zero attached hydrogens (tertiary/aromatic N) is 2. The van der Waals surface area contributed by atoms with Crippen molar-refractivity contribution in [2.24, 2.45) is 0 Å². The van der Waals surface area contributed by atoms with Crippen molar-refractivity contribution in [2.45, 2.75) is 6.61 Å². The highest BCUT2D eigenvalue weighted by Crippen LogP contribution is 2.09. The van der Waals surface area contributed by atoms with Crippen LogP contribution in [0.25, 0.3) is 0 Å². The normalized spacial score (nSPS) is 9.83. The molecular weight excluding hydrogens is 232 g/mol. The van der Waals surface area contributed by atoms with E-state index in [0.29, 0.717) is 12.5 Å². The van der Waals surface area contributed by atoms with E-state index in [-0.39, 0.29) is 5.82 Å². The molecule has 1 aromatic carbocycles. The van der Waals surface area contributed by atoms with Crippen molar-refractivity contribution in [1.29, 1.82) is 0 Å². The third-order valence-electron chi connectivity index (χ3n) is 2.23. The Labute approximate surface area is 104 Å². The number of ether oxygens (including phenoxy) is 2. The van der Waals surface area contributed by atoms with Gasteiger partial charge in [0.1, 0.15) is 6.61 Å². The second-order valence-electron chi connectivity index (χ2n) is 3.48. The predicted octanol–water partition coefficient (Wildman–Crippen LogP) is 1.84. The lowest BCUT2D eigenvalue weighted by molar-refractivity contribution is 0.0585. The van der Waals surface area contributed by atoms with E-state index in [1.165, 1.54) is 13.3 Å². The molecule has 0 N–H and O–H groups in total. The Morgan fingerprint density at radius 2 is 2.00 bits per heavy atom. The highest BCUT2D eigenvalue weighted by atomic mass is 16.5. The molecule has 0 saturated carbocycles. The number of carbonyl (C=O) groups is 1. The van der Waals surface area contributed by atoms with E-state index in [0.717, 1.165) is 5.56 Å². The number of aromatic nitrogens is 2. The first kappa shape index (κ1) is 12.0. The second kappa shape index (κ2) is 5.77. The summed E-state index contributed by atoms with van der Waals surface area (Å²) in [6.45, 7) is 0.387. The third-order valence-corrected chi connectivity index (χ3v) is 2.23. The van der Waals surface area contributed by atoms with Gasteiger partial charge in [0.2, 0.25) is 11.7 Å². The zero-order valence-corrected chi connectivity index (χ0v) is 9.87. The standard InChI is InChI=1S/C13H12N2O3/c1-17-13(16)12-14-8-7-11(15-12)18-9-10-5-3-2-4-6-10/h2-8H,9H2,1H3. The van der Waals surface area contributed by atoms with Gasteiger partial charge in [0.15, 0.2) is 0 Å². The second-order valence-corrected chi connectivity index (χ2v) is 3.48. The van der Waals surface area contributed by atoms with E-state index in [1.54, 1.807) is 6.07 Å². The van der Waals surface area contributed by atoms with E-state index in [9.17, 15) is 4.79 Å². The zero-order valence-electron chi connectivity index (χ0n) is 9.87. The minimum atomic E-state index is -0.583. The van der Waals surface area contributed by atoms with Crippen molar-refractivity contribution in [3.05, 3.63) is 54.0 Å². The van der Waals surface area contributed by atoms with Gasteiger partial charge in [0.25, 0.3) is 0 Å². The monoisotopic (exact) mass is 244 g/mol. The summed E-state index contributed by atoms with van der Waals surface area (Å²) in [4.78, 5) is 19.0. The molecule has 92 valence electrons. The van der Waals surface area contributed by atoms with Gasteiger partial charge in [0.05, 0.1) is 7.11 Å². The van der Waals surface area contributed by atoms with Crippen LogP contribution in [0.2, 0.25) is 0 Å². The third kappa shape index (κ3) is 3.04. The molecule has 1 aromatic heterocycles. The molecule has 18 heavy (non-hydrogen) atoms. The van der Waals surface area contributed by atoms with Crippen LogP contribution in [0.1, 0.15) is 16.2 Å². The summed E-state index contributed by atoms with van der Waals surface area (Å²) in [7, 11) is 1.28. The average Bonchev–Trinajstić information content (AvgIpc) is 2.45. The summed E-state index contributed by atoms with van der Waals surface area (Å²) in [6, 6.07) is 11.3. The quantitative estimate of drug-likeness (QED) is 0.768. The average molecular weight is 244 g/mol. The summed E-state index contributed by atoms with van der Waals surface area (Å²) in [5.41, 5.74) is 1.02. The van der Waals surface area contributed by atoms with Gasteiger partial charge in [-0.3, -0.25) is 0 Å². The van der Waals surface area contributed by atoms with Gasteiger partial charge in [-0.05, 0) is 5.56 Å². The highest BCUT2D eigenvalue weighted by Gasteiger charge is 2.09. The number of methoxy groups -OCH3 is 1. The van der Waals surface area contributed by atoms with E-state index in [2.05, 4.69) is 14.7 Å². The minimum Gasteiger partial charge on any atom is -0.473 e. The SMILES string of the molecule is COC(=O)c1nccc(OCc2ccccc2)n1. The van der Waals surface area contributed by atoms with Crippen LogP contribution in [0, 0.1) is 0 Å². The van der Waals surface area contributed by atoms with Crippen molar-refractivity contribution in [2.75, 3.05) is 7.11 Å². The number of esters is 1. The first-order valence-corrected chi connectivity index (χ1v) is 5.37. The summed E-state index contributed by atoms with van der Waals surface area (Å²) in [6.07, 6.45) is 1.46. The maximum atomic E-state index is 11.2. The number of hydrogen-bond donors (Lipinski definition) is 0. The topological polar surface area (TPSA) is 61.3 Å². The predicted molar refractivity (Wildman–Crippen MR) is 64.1 cm³/mol. The van der Waals surface area contributed by atoms with Crippen molar-refractivity contribution in [3.8, 4) is 5.88 Å². The Hall–Kier alpha value is -2.43. The molecule has 0 aliphatic rings. The van der Waals surface area contributed by atoms with Crippen LogP contribution in [0.15, 0.2) is 42.6 Å². The number of rotatable bonds is 4. The zero-order chi connectivity index (χ0) is 12.8. The van der Waals surface area contributed by atoms with E-state index in [1.807, 2.05) is 30.3 Å². The summed E-state index contributed by atoms with van der Waals surface area (Å²) in [5.74, 6) is -0.252.